The zero-order valence-corrected chi connectivity index (χ0v) is 19.2. The summed E-state index contributed by atoms with van der Waals surface area (Å²) < 4.78 is 32.5. The fourth-order valence-corrected chi connectivity index (χ4v) is 5.09. The van der Waals surface area contributed by atoms with E-state index in [0.29, 0.717) is 4.34 Å². The van der Waals surface area contributed by atoms with Gasteiger partial charge in [0.1, 0.15) is 4.21 Å². The Balaban J connectivity index is 1.60. The van der Waals surface area contributed by atoms with Crippen LogP contribution in [0.5, 0.6) is 0 Å². The van der Waals surface area contributed by atoms with Crippen LogP contribution in [0.15, 0.2) is 64.9 Å². The summed E-state index contributed by atoms with van der Waals surface area (Å²) in [5, 5.41) is 13.3. The molecule has 1 amide bonds. The molecule has 0 aliphatic rings. The molecule has 13 heteroatoms. The first kappa shape index (κ1) is 24.2. The molecule has 33 heavy (non-hydrogen) atoms. The highest BCUT2D eigenvalue weighted by molar-refractivity contribution is 7.94. The molecular formula is C20H16ClN3O7S2. The number of hydrogen-bond donors (Lipinski definition) is 2. The lowest BCUT2D eigenvalue weighted by atomic mass is 10.2. The second-order valence-corrected chi connectivity index (χ2v) is 10.2. The second kappa shape index (κ2) is 9.98. The minimum absolute atomic E-state index is 0.0413. The molecule has 3 rings (SSSR count). The Morgan fingerprint density at radius 3 is 2.39 bits per heavy atom. The van der Waals surface area contributed by atoms with E-state index < -0.39 is 32.9 Å². The molecule has 2 N–H and O–H groups in total. The summed E-state index contributed by atoms with van der Waals surface area (Å²) >= 11 is 6.68. The Morgan fingerprint density at radius 1 is 1.09 bits per heavy atom. The summed E-state index contributed by atoms with van der Waals surface area (Å²) in [5.41, 5.74) is 0.288. The van der Waals surface area contributed by atoms with Gasteiger partial charge in [-0.1, -0.05) is 17.7 Å². The van der Waals surface area contributed by atoms with Crippen LogP contribution in [0.25, 0.3) is 0 Å². The first-order valence-electron chi connectivity index (χ1n) is 9.20. The quantitative estimate of drug-likeness (QED) is 0.261. The summed E-state index contributed by atoms with van der Waals surface area (Å²) in [4.78, 5) is 34.8. The number of benzene rings is 2. The van der Waals surface area contributed by atoms with Gasteiger partial charge in [-0.15, -0.1) is 11.3 Å². The van der Waals surface area contributed by atoms with Crippen LogP contribution in [0.2, 0.25) is 4.34 Å². The third kappa shape index (κ3) is 6.28. The minimum Gasteiger partial charge on any atom is -0.449 e. The molecule has 172 valence electrons. The number of hydrogen-bond acceptors (Lipinski definition) is 8. The number of carbonyl (C=O) groups excluding carboxylic acids is 2. The third-order valence-corrected chi connectivity index (χ3v) is 7.27. The van der Waals surface area contributed by atoms with Crippen molar-refractivity contribution in [2.24, 2.45) is 0 Å². The average Bonchev–Trinajstić information content (AvgIpc) is 3.21. The van der Waals surface area contributed by atoms with Crippen LogP contribution < -0.4 is 10.0 Å². The number of rotatable bonds is 8. The first-order valence-corrected chi connectivity index (χ1v) is 11.9. The number of esters is 1. The zero-order valence-electron chi connectivity index (χ0n) is 16.9. The average molecular weight is 510 g/mol. The molecule has 2 aromatic carbocycles. The SMILES string of the molecule is C[C@H](OC(=O)c1ccc(NS(=O)(=O)c2ccc(Cl)s2)cc1)C(=O)Nc1cccc([N+](=O)[O-])c1. The minimum atomic E-state index is -3.82. The summed E-state index contributed by atoms with van der Waals surface area (Å²) in [6.45, 7) is 1.35. The van der Waals surface area contributed by atoms with Crippen LogP contribution in [0, 0.1) is 10.1 Å². The van der Waals surface area contributed by atoms with E-state index in [4.69, 9.17) is 16.3 Å². The molecule has 10 nitrogen and oxygen atoms in total. The number of thiophene rings is 1. The van der Waals surface area contributed by atoms with Crippen LogP contribution in [-0.4, -0.2) is 31.3 Å². The number of halogens is 1. The fraction of sp³-hybridized carbons (Fsp3) is 0.100. The monoisotopic (exact) mass is 509 g/mol. The predicted molar refractivity (Wildman–Crippen MR) is 123 cm³/mol. The Kier molecular flexibility index (Phi) is 7.31. The Morgan fingerprint density at radius 2 is 1.79 bits per heavy atom. The maximum Gasteiger partial charge on any atom is 0.338 e. The van der Waals surface area contributed by atoms with E-state index in [0.717, 1.165) is 11.3 Å². The molecule has 0 radical (unpaired) electrons. The smallest absolute Gasteiger partial charge is 0.338 e. The van der Waals surface area contributed by atoms with Crippen molar-refractivity contribution in [3.63, 3.8) is 0 Å². The maximum atomic E-state index is 12.3. The van der Waals surface area contributed by atoms with Gasteiger partial charge in [-0.05, 0) is 49.4 Å². The van der Waals surface area contributed by atoms with Gasteiger partial charge < -0.3 is 10.1 Å². The second-order valence-electron chi connectivity index (χ2n) is 6.59. The van der Waals surface area contributed by atoms with Gasteiger partial charge in [0.05, 0.1) is 14.8 Å². The standard InChI is InChI=1S/C20H16ClN3O7S2/c1-12(19(25)22-15-3-2-4-16(11-15)24(27)28)31-20(26)13-5-7-14(8-6-13)23-33(29,30)18-10-9-17(21)32-18/h2-12,23H,1H3,(H,22,25)/t12-/m0/s1. The van der Waals surface area contributed by atoms with Crippen LogP contribution >= 0.6 is 22.9 Å². The number of nitrogens with one attached hydrogen (secondary N) is 2. The van der Waals surface area contributed by atoms with Gasteiger partial charge in [-0.25, -0.2) is 13.2 Å². The topological polar surface area (TPSA) is 145 Å². The molecule has 0 aliphatic carbocycles. The molecule has 0 saturated carbocycles. The molecule has 0 bridgehead atoms. The summed E-state index contributed by atoms with van der Waals surface area (Å²) in [7, 11) is -3.82. The molecule has 1 atom stereocenters. The maximum absolute atomic E-state index is 12.3. The van der Waals surface area contributed by atoms with Crippen LogP contribution in [0.1, 0.15) is 17.3 Å². The molecule has 1 aromatic heterocycles. The number of ether oxygens (including phenoxy) is 1. The van der Waals surface area contributed by atoms with Gasteiger partial charge in [0.2, 0.25) is 0 Å². The normalized spacial score (nSPS) is 11.9. The van der Waals surface area contributed by atoms with Gasteiger partial charge in [0.25, 0.3) is 21.6 Å². The molecule has 0 aliphatic heterocycles. The van der Waals surface area contributed by atoms with E-state index in [1.165, 1.54) is 67.6 Å². The van der Waals surface area contributed by atoms with E-state index in [1.54, 1.807) is 0 Å². The molecular weight excluding hydrogens is 494 g/mol. The highest BCUT2D eigenvalue weighted by Crippen LogP contribution is 2.27. The lowest BCUT2D eigenvalue weighted by Crippen LogP contribution is -2.30. The summed E-state index contributed by atoms with van der Waals surface area (Å²) in [6.07, 6.45) is -1.20. The van der Waals surface area contributed by atoms with Crippen molar-refractivity contribution >= 4 is 61.9 Å². The Hall–Kier alpha value is -3.48. The highest BCUT2D eigenvalue weighted by atomic mass is 35.5. The largest absolute Gasteiger partial charge is 0.449 e. The van der Waals surface area contributed by atoms with Crippen molar-refractivity contribution in [3.05, 3.63) is 80.7 Å². The third-order valence-electron chi connectivity index (χ3n) is 4.16. The molecule has 3 aromatic rings. The van der Waals surface area contributed by atoms with Crippen molar-refractivity contribution in [3.8, 4) is 0 Å². The number of non-ortho nitro benzene ring substituents is 1. The van der Waals surface area contributed by atoms with Gasteiger partial charge in [-0.2, -0.15) is 0 Å². The number of nitro benzene ring substituents is 1. The van der Waals surface area contributed by atoms with E-state index >= 15 is 0 Å². The lowest BCUT2D eigenvalue weighted by molar-refractivity contribution is -0.384. The van der Waals surface area contributed by atoms with Crippen LogP contribution in [0.3, 0.4) is 0 Å². The Labute approximate surface area is 197 Å². The van der Waals surface area contributed by atoms with Crippen LogP contribution in [-0.2, 0) is 19.6 Å². The molecule has 0 saturated heterocycles. The Bertz CT molecular complexity index is 1310. The van der Waals surface area contributed by atoms with Crippen LogP contribution in [0.4, 0.5) is 17.1 Å². The number of sulfonamides is 1. The van der Waals surface area contributed by atoms with Crippen molar-refractivity contribution in [2.75, 3.05) is 10.0 Å². The van der Waals surface area contributed by atoms with Gasteiger partial charge in [0.15, 0.2) is 6.10 Å². The van der Waals surface area contributed by atoms with E-state index in [9.17, 15) is 28.1 Å². The first-order chi connectivity index (χ1) is 15.5. The van der Waals surface area contributed by atoms with Gasteiger partial charge in [0, 0.05) is 23.5 Å². The number of carbonyl (C=O) groups is 2. The highest BCUT2D eigenvalue weighted by Gasteiger charge is 2.21. The van der Waals surface area contributed by atoms with Crippen molar-refractivity contribution in [1.29, 1.82) is 0 Å². The number of amides is 1. The molecule has 0 unspecified atom stereocenters. The van der Waals surface area contributed by atoms with E-state index in [-0.39, 0.29) is 26.8 Å². The van der Waals surface area contributed by atoms with Crippen molar-refractivity contribution in [2.45, 2.75) is 17.2 Å². The summed E-state index contributed by atoms with van der Waals surface area (Å²) in [6, 6.07) is 13.6. The fourth-order valence-electron chi connectivity index (χ4n) is 2.55. The van der Waals surface area contributed by atoms with Gasteiger partial charge >= 0.3 is 5.97 Å². The summed E-state index contributed by atoms with van der Waals surface area (Å²) in [5.74, 6) is -1.49. The molecule has 1 heterocycles. The van der Waals surface area contributed by atoms with Crippen molar-refractivity contribution < 1.29 is 27.7 Å². The van der Waals surface area contributed by atoms with E-state index in [1.807, 2.05) is 0 Å². The number of anilines is 2. The lowest BCUT2D eigenvalue weighted by Gasteiger charge is -2.14. The number of nitro groups is 1. The predicted octanol–water partition coefficient (Wildman–Crippen LogP) is 4.29. The van der Waals surface area contributed by atoms with Crippen molar-refractivity contribution in [1.82, 2.24) is 0 Å². The van der Waals surface area contributed by atoms with Gasteiger partial charge in [-0.3, -0.25) is 19.6 Å². The van der Waals surface area contributed by atoms with E-state index in [2.05, 4.69) is 10.0 Å². The molecule has 0 fully saturated rings. The number of nitrogens with zero attached hydrogens (tertiary/aromatic N) is 1. The zero-order chi connectivity index (χ0) is 24.2. The molecule has 0 spiro atoms.